The van der Waals surface area contributed by atoms with Gasteiger partial charge in [0.2, 0.25) is 11.8 Å². The maximum Gasteiger partial charge on any atom is 0.246 e. The predicted molar refractivity (Wildman–Crippen MR) is 98.1 cm³/mol. The van der Waals surface area contributed by atoms with E-state index in [1.807, 2.05) is 6.07 Å². The Bertz CT molecular complexity index is 904. The average molecular weight is 365 g/mol. The van der Waals surface area contributed by atoms with Crippen LogP contribution in [-0.2, 0) is 22.4 Å². The fourth-order valence-electron chi connectivity index (χ4n) is 3.42. The van der Waals surface area contributed by atoms with Gasteiger partial charge in [-0.15, -0.1) is 0 Å². The van der Waals surface area contributed by atoms with E-state index < -0.39 is 12.1 Å². The first-order chi connectivity index (χ1) is 12.9. The van der Waals surface area contributed by atoms with Crippen molar-refractivity contribution in [3.05, 3.63) is 71.0 Å². The van der Waals surface area contributed by atoms with Crippen LogP contribution in [0.3, 0.4) is 0 Å². The second kappa shape index (κ2) is 7.58. The maximum atomic E-state index is 13.1. The first-order valence-electron chi connectivity index (χ1n) is 8.68. The Labute approximate surface area is 157 Å². The van der Waals surface area contributed by atoms with Crippen molar-refractivity contribution in [2.45, 2.75) is 24.9 Å². The van der Waals surface area contributed by atoms with E-state index in [1.165, 1.54) is 21.9 Å². The van der Waals surface area contributed by atoms with E-state index in [2.05, 4.69) is 6.07 Å². The zero-order valence-electron chi connectivity index (χ0n) is 15.2. The molecular weight excluding hydrogens is 345 g/mol. The van der Waals surface area contributed by atoms with Gasteiger partial charge in [-0.3, -0.25) is 9.59 Å². The monoisotopic (exact) mass is 365 g/mol. The van der Waals surface area contributed by atoms with E-state index in [9.17, 15) is 19.2 Å². The van der Waals surface area contributed by atoms with Gasteiger partial charge < -0.3 is 9.80 Å². The summed E-state index contributed by atoms with van der Waals surface area (Å²) >= 11 is 0. The van der Waals surface area contributed by atoms with Gasteiger partial charge in [0.25, 0.3) is 0 Å². The number of nitrogens with zero attached hydrogens (tertiary/aromatic N) is 3. The molecule has 6 heteroatoms. The second-order valence-corrected chi connectivity index (χ2v) is 6.73. The third-order valence-electron chi connectivity index (χ3n) is 5.09. The fourth-order valence-corrected chi connectivity index (χ4v) is 3.42. The summed E-state index contributed by atoms with van der Waals surface area (Å²) in [5, 5.41) is 9.26. The lowest BCUT2D eigenvalue weighted by Crippen LogP contribution is -2.63. The lowest BCUT2D eigenvalue weighted by atomic mass is 9.94. The Balaban J connectivity index is 1.81. The first kappa shape index (κ1) is 18.6. The van der Waals surface area contributed by atoms with E-state index in [-0.39, 0.29) is 17.6 Å². The Morgan fingerprint density at radius 3 is 2.07 bits per heavy atom. The summed E-state index contributed by atoms with van der Waals surface area (Å²) in [6.45, 7) is 0. The fraction of sp³-hybridized carbons (Fsp3) is 0.286. The average Bonchev–Trinajstić information content (AvgIpc) is 2.69. The molecule has 2 atom stereocenters. The van der Waals surface area contributed by atoms with E-state index >= 15 is 0 Å². The second-order valence-electron chi connectivity index (χ2n) is 6.73. The Kier molecular flexibility index (Phi) is 5.22. The number of carbonyl (C=O) groups excluding carboxylic acids is 2. The van der Waals surface area contributed by atoms with Crippen LogP contribution in [0.15, 0.2) is 48.5 Å². The molecule has 2 aromatic carbocycles. The lowest BCUT2D eigenvalue weighted by Gasteiger charge is -2.42. The van der Waals surface area contributed by atoms with Crippen molar-refractivity contribution in [1.82, 2.24) is 9.80 Å². The molecule has 0 aliphatic carbocycles. The highest BCUT2D eigenvalue weighted by atomic mass is 19.1. The van der Waals surface area contributed by atoms with Gasteiger partial charge in [-0.1, -0.05) is 30.3 Å². The Hall–Kier alpha value is -3.20. The zero-order chi connectivity index (χ0) is 19.6. The SMILES string of the molecule is CN1C(=O)C(Cc2ccccc2C#N)N(C)C(=O)C1Cc1ccc(F)cc1. The first-order valence-corrected chi connectivity index (χ1v) is 8.68. The summed E-state index contributed by atoms with van der Waals surface area (Å²) in [6, 6.07) is 13.9. The quantitative estimate of drug-likeness (QED) is 0.834. The molecule has 0 aromatic heterocycles. The summed E-state index contributed by atoms with van der Waals surface area (Å²) in [5.74, 6) is -0.677. The molecule has 1 heterocycles. The molecule has 2 amide bonds. The minimum Gasteiger partial charge on any atom is -0.332 e. The molecule has 2 unspecified atom stereocenters. The van der Waals surface area contributed by atoms with Gasteiger partial charge in [0.1, 0.15) is 17.9 Å². The van der Waals surface area contributed by atoms with Crippen molar-refractivity contribution in [3.8, 4) is 6.07 Å². The minimum absolute atomic E-state index is 0.166. The van der Waals surface area contributed by atoms with Gasteiger partial charge in [0, 0.05) is 26.9 Å². The van der Waals surface area contributed by atoms with Crippen molar-refractivity contribution >= 4 is 11.8 Å². The van der Waals surface area contributed by atoms with Gasteiger partial charge >= 0.3 is 0 Å². The van der Waals surface area contributed by atoms with Crippen LogP contribution in [0.5, 0.6) is 0 Å². The van der Waals surface area contributed by atoms with Crippen LogP contribution in [0, 0.1) is 17.1 Å². The third kappa shape index (κ3) is 3.68. The topological polar surface area (TPSA) is 64.4 Å². The maximum absolute atomic E-state index is 13.1. The molecule has 27 heavy (non-hydrogen) atoms. The van der Waals surface area contributed by atoms with Crippen LogP contribution in [0.4, 0.5) is 4.39 Å². The number of piperazine rings is 1. The van der Waals surface area contributed by atoms with Crippen molar-refractivity contribution in [3.63, 3.8) is 0 Å². The molecule has 0 bridgehead atoms. The largest absolute Gasteiger partial charge is 0.332 e. The van der Waals surface area contributed by atoms with Crippen molar-refractivity contribution in [1.29, 1.82) is 5.26 Å². The number of amides is 2. The number of halogens is 1. The summed E-state index contributed by atoms with van der Waals surface area (Å²) in [7, 11) is 3.23. The van der Waals surface area contributed by atoms with Crippen LogP contribution in [0.2, 0.25) is 0 Å². The molecule has 138 valence electrons. The number of nitriles is 1. The molecule has 0 radical (unpaired) electrons. The van der Waals surface area contributed by atoms with Crippen LogP contribution < -0.4 is 0 Å². The molecule has 1 saturated heterocycles. The van der Waals surface area contributed by atoms with Crippen molar-refractivity contribution < 1.29 is 14.0 Å². The summed E-state index contributed by atoms with van der Waals surface area (Å²) in [4.78, 5) is 28.8. The van der Waals surface area contributed by atoms with Crippen molar-refractivity contribution in [2.75, 3.05) is 14.1 Å². The number of carbonyl (C=O) groups is 2. The highest BCUT2D eigenvalue weighted by molar-refractivity contribution is 5.97. The van der Waals surface area contributed by atoms with Crippen LogP contribution in [-0.4, -0.2) is 47.8 Å². The van der Waals surface area contributed by atoms with E-state index in [1.54, 1.807) is 44.4 Å². The summed E-state index contributed by atoms with van der Waals surface area (Å²) in [5.41, 5.74) is 2.03. The van der Waals surface area contributed by atoms with Crippen LogP contribution in [0.1, 0.15) is 16.7 Å². The molecule has 1 aliphatic rings. The van der Waals surface area contributed by atoms with Crippen LogP contribution in [0.25, 0.3) is 0 Å². The van der Waals surface area contributed by atoms with Crippen molar-refractivity contribution in [2.24, 2.45) is 0 Å². The van der Waals surface area contributed by atoms with E-state index in [4.69, 9.17) is 0 Å². The van der Waals surface area contributed by atoms with Gasteiger partial charge in [-0.25, -0.2) is 4.39 Å². The number of likely N-dealkylation sites (N-methyl/N-ethyl adjacent to an activating group) is 2. The van der Waals surface area contributed by atoms with Gasteiger partial charge in [-0.05, 0) is 29.3 Å². The molecule has 1 aliphatic heterocycles. The van der Waals surface area contributed by atoms with Gasteiger partial charge in [-0.2, -0.15) is 5.26 Å². The molecule has 2 aromatic rings. The minimum atomic E-state index is -0.651. The molecule has 0 N–H and O–H groups in total. The van der Waals surface area contributed by atoms with Crippen LogP contribution >= 0.6 is 0 Å². The third-order valence-corrected chi connectivity index (χ3v) is 5.09. The highest BCUT2D eigenvalue weighted by Gasteiger charge is 2.42. The number of hydrogen-bond donors (Lipinski definition) is 0. The summed E-state index contributed by atoms with van der Waals surface area (Å²) in [6.07, 6.45) is 0.617. The number of benzene rings is 2. The number of rotatable bonds is 4. The van der Waals surface area contributed by atoms with Gasteiger partial charge in [0.05, 0.1) is 11.6 Å². The predicted octanol–water partition coefficient (Wildman–Crippen LogP) is 2.15. The standard InChI is InChI=1S/C21H20FN3O2/c1-24-18(11-14-7-9-17(22)10-8-14)20(26)25(2)19(21(24)27)12-15-5-3-4-6-16(15)13-23/h3-10,18-19H,11-12H2,1-2H3. The molecule has 0 spiro atoms. The van der Waals surface area contributed by atoms with E-state index in [0.717, 1.165) is 11.1 Å². The zero-order valence-corrected chi connectivity index (χ0v) is 15.2. The Morgan fingerprint density at radius 1 is 0.926 bits per heavy atom. The molecule has 0 saturated carbocycles. The Morgan fingerprint density at radius 2 is 1.48 bits per heavy atom. The van der Waals surface area contributed by atoms with Gasteiger partial charge in [0.15, 0.2) is 0 Å². The lowest BCUT2D eigenvalue weighted by molar-refractivity contribution is -0.158. The number of hydrogen-bond acceptors (Lipinski definition) is 3. The molecule has 5 nitrogen and oxygen atoms in total. The smallest absolute Gasteiger partial charge is 0.246 e. The summed E-state index contributed by atoms with van der Waals surface area (Å²) < 4.78 is 13.1. The highest BCUT2D eigenvalue weighted by Crippen LogP contribution is 2.22. The normalized spacial score (nSPS) is 19.9. The molecule has 3 rings (SSSR count). The molecular formula is C21H20FN3O2. The molecule has 1 fully saturated rings. The van der Waals surface area contributed by atoms with E-state index in [0.29, 0.717) is 18.4 Å².